The van der Waals surface area contributed by atoms with Crippen LogP contribution in [0.3, 0.4) is 0 Å². The molecule has 0 aliphatic rings. The minimum absolute atomic E-state index is 0.103. The first kappa shape index (κ1) is 14.9. The SMILES string of the molecule is COc1ccc(/C=C/C(=O)NCc2ccccc2C)cc1. The van der Waals surface area contributed by atoms with Crippen LogP contribution in [0.25, 0.3) is 6.08 Å². The van der Waals surface area contributed by atoms with E-state index in [9.17, 15) is 4.79 Å². The maximum Gasteiger partial charge on any atom is 0.244 e. The Bertz CT molecular complexity index is 630. The molecule has 0 saturated carbocycles. The molecule has 0 spiro atoms. The summed E-state index contributed by atoms with van der Waals surface area (Å²) in [5, 5.41) is 2.88. The van der Waals surface area contributed by atoms with E-state index in [0.29, 0.717) is 6.54 Å². The highest BCUT2D eigenvalue weighted by Gasteiger charge is 1.99. The molecule has 0 aliphatic carbocycles. The minimum Gasteiger partial charge on any atom is -0.497 e. The number of ether oxygens (including phenoxy) is 1. The van der Waals surface area contributed by atoms with Crippen LogP contribution in [0.5, 0.6) is 5.75 Å². The van der Waals surface area contributed by atoms with Gasteiger partial charge in [-0.1, -0.05) is 36.4 Å². The van der Waals surface area contributed by atoms with Crippen LogP contribution < -0.4 is 10.1 Å². The van der Waals surface area contributed by atoms with Gasteiger partial charge in [0.2, 0.25) is 5.91 Å². The first-order valence-corrected chi connectivity index (χ1v) is 6.83. The van der Waals surface area contributed by atoms with Crippen molar-refractivity contribution in [1.82, 2.24) is 5.32 Å². The molecular weight excluding hydrogens is 262 g/mol. The lowest BCUT2D eigenvalue weighted by atomic mass is 10.1. The molecule has 2 aromatic carbocycles. The Morgan fingerprint density at radius 1 is 1.14 bits per heavy atom. The number of benzene rings is 2. The van der Waals surface area contributed by atoms with E-state index in [4.69, 9.17) is 4.74 Å². The Morgan fingerprint density at radius 2 is 1.86 bits per heavy atom. The van der Waals surface area contributed by atoms with Crippen molar-refractivity contribution in [3.05, 3.63) is 71.3 Å². The van der Waals surface area contributed by atoms with Crippen LogP contribution in [0.15, 0.2) is 54.6 Å². The average Bonchev–Trinajstić information content (AvgIpc) is 2.52. The summed E-state index contributed by atoms with van der Waals surface area (Å²) in [5.41, 5.74) is 3.27. The number of aryl methyl sites for hydroxylation is 1. The molecule has 0 aromatic heterocycles. The second-order valence-corrected chi connectivity index (χ2v) is 4.75. The second kappa shape index (κ2) is 7.29. The molecule has 0 heterocycles. The molecule has 0 bridgehead atoms. The molecule has 2 rings (SSSR count). The Balaban J connectivity index is 1.89. The molecule has 1 amide bonds. The summed E-state index contributed by atoms with van der Waals surface area (Å²) in [6.45, 7) is 2.58. The molecule has 1 N–H and O–H groups in total. The van der Waals surface area contributed by atoms with Crippen LogP contribution in [0.4, 0.5) is 0 Å². The van der Waals surface area contributed by atoms with Crippen LogP contribution in [-0.4, -0.2) is 13.0 Å². The summed E-state index contributed by atoms with van der Waals surface area (Å²) in [7, 11) is 1.63. The number of carbonyl (C=O) groups excluding carboxylic acids is 1. The van der Waals surface area contributed by atoms with Gasteiger partial charge in [-0.2, -0.15) is 0 Å². The summed E-state index contributed by atoms with van der Waals surface area (Å²) < 4.78 is 5.09. The first-order chi connectivity index (χ1) is 10.2. The Morgan fingerprint density at radius 3 is 2.52 bits per heavy atom. The Kier molecular flexibility index (Phi) is 5.16. The first-order valence-electron chi connectivity index (χ1n) is 6.83. The molecule has 108 valence electrons. The fourth-order valence-electron chi connectivity index (χ4n) is 1.94. The number of rotatable bonds is 5. The fraction of sp³-hybridized carbons (Fsp3) is 0.167. The zero-order chi connectivity index (χ0) is 15.1. The van der Waals surface area contributed by atoms with Gasteiger partial charge in [0.15, 0.2) is 0 Å². The lowest BCUT2D eigenvalue weighted by Gasteiger charge is -2.05. The fourth-order valence-corrected chi connectivity index (χ4v) is 1.94. The van der Waals surface area contributed by atoms with Crippen LogP contribution in [-0.2, 0) is 11.3 Å². The summed E-state index contributed by atoms with van der Waals surface area (Å²) in [4.78, 5) is 11.8. The molecule has 21 heavy (non-hydrogen) atoms. The van der Waals surface area contributed by atoms with Gasteiger partial charge >= 0.3 is 0 Å². The van der Waals surface area contributed by atoms with E-state index in [1.54, 1.807) is 19.3 Å². The average molecular weight is 281 g/mol. The van der Waals surface area contributed by atoms with E-state index in [0.717, 1.165) is 16.9 Å². The van der Waals surface area contributed by atoms with Gasteiger partial charge in [0.1, 0.15) is 5.75 Å². The largest absolute Gasteiger partial charge is 0.497 e. The van der Waals surface area contributed by atoms with Gasteiger partial charge in [-0.3, -0.25) is 4.79 Å². The highest BCUT2D eigenvalue weighted by atomic mass is 16.5. The molecule has 0 fully saturated rings. The van der Waals surface area contributed by atoms with E-state index in [-0.39, 0.29) is 5.91 Å². The van der Waals surface area contributed by atoms with Gasteiger partial charge in [-0.25, -0.2) is 0 Å². The maximum absolute atomic E-state index is 11.8. The van der Waals surface area contributed by atoms with Gasteiger partial charge < -0.3 is 10.1 Å². The van der Waals surface area contributed by atoms with Gasteiger partial charge in [-0.15, -0.1) is 0 Å². The lowest BCUT2D eigenvalue weighted by Crippen LogP contribution is -2.20. The van der Waals surface area contributed by atoms with Crippen LogP contribution in [0.1, 0.15) is 16.7 Å². The van der Waals surface area contributed by atoms with E-state index in [1.165, 1.54) is 5.56 Å². The number of amides is 1. The zero-order valence-electron chi connectivity index (χ0n) is 12.3. The van der Waals surface area contributed by atoms with Crippen molar-refractivity contribution in [3.63, 3.8) is 0 Å². The number of methoxy groups -OCH3 is 1. The third-order valence-electron chi connectivity index (χ3n) is 3.26. The van der Waals surface area contributed by atoms with Crippen LogP contribution >= 0.6 is 0 Å². The number of nitrogens with one attached hydrogen (secondary N) is 1. The lowest BCUT2D eigenvalue weighted by molar-refractivity contribution is -0.116. The quantitative estimate of drug-likeness (QED) is 0.854. The third kappa shape index (κ3) is 4.49. The highest BCUT2D eigenvalue weighted by molar-refractivity contribution is 5.91. The van der Waals surface area contributed by atoms with Crippen molar-refractivity contribution in [2.45, 2.75) is 13.5 Å². The zero-order valence-corrected chi connectivity index (χ0v) is 12.3. The molecule has 3 heteroatoms. The summed E-state index contributed by atoms with van der Waals surface area (Å²) in [6.07, 6.45) is 3.33. The molecular formula is C18H19NO2. The summed E-state index contributed by atoms with van der Waals surface area (Å²) in [5.74, 6) is 0.699. The van der Waals surface area contributed by atoms with Gasteiger partial charge in [0.05, 0.1) is 7.11 Å². The topological polar surface area (TPSA) is 38.3 Å². The Labute approximate surface area is 125 Å². The standard InChI is InChI=1S/C18H19NO2/c1-14-5-3-4-6-16(14)13-19-18(20)12-9-15-7-10-17(21-2)11-8-15/h3-12H,13H2,1-2H3,(H,19,20)/b12-9+. The van der Waals surface area contributed by atoms with Crippen molar-refractivity contribution in [1.29, 1.82) is 0 Å². The van der Waals surface area contributed by atoms with E-state index in [2.05, 4.69) is 5.32 Å². The second-order valence-electron chi connectivity index (χ2n) is 4.75. The monoisotopic (exact) mass is 281 g/mol. The van der Waals surface area contributed by atoms with Crippen molar-refractivity contribution in [3.8, 4) is 5.75 Å². The number of hydrogen-bond acceptors (Lipinski definition) is 2. The van der Waals surface area contributed by atoms with E-state index < -0.39 is 0 Å². The maximum atomic E-state index is 11.8. The van der Waals surface area contributed by atoms with Gasteiger partial charge in [0.25, 0.3) is 0 Å². The van der Waals surface area contributed by atoms with Crippen LogP contribution in [0.2, 0.25) is 0 Å². The van der Waals surface area contributed by atoms with Crippen molar-refractivity contribution < 1.29 is 9.53 Å². The highest BCUT2D eigenvalue weighted by Crippen LogP contribution is 2.12. The van der Waals surface area contributed by atoms with E-state index >= 15 is 0 Å². The summed E-state index contributed by atoms with van der Waals surface area (Å²) in [6, 6.07) is 15.6. The molecule has 0 atom stereocenters. The van der Waals surface area contributed by atoms with Crippen molar-refractivity contribution in [2.75, 3.05) is 7.11 Å². The molecule has 0 unspecified atom stereocenters. The minimum atomic E-state index is -0.103. The number of carbonyl (C=O) groups is 1. The summed E-state index contributed by atoms with van der Waals surface area (Å²) >= 11 is 0. The molecule has 0 aliphatic heterocycles. The van der Waals surface area contributed by atoms with Gasteiger partial charge in [0, 0.05) is 12.6 Å². The smallest absolute Gasteiger partial charge is 0.244 e. The molecule has 2 aromatic rings. The molecule has 0 saturated heterocycles. The molecule has 0 radical (unpaired) electrons. The van der Waals surface area contributed by atoms with E-state index in [1.807, 2.05) is 55.5 Å². The molecule has 3 nitrogen and oxygen atoms in total. The van der Waals surface area contributed by atoms with Crippen molar-refractivity contribution >= 4 is 12.0 Å². The predicted octanol–water partition coefficient (Wildman–Crippen LogP) is 3.33. The van der Waals surface area contributed by atoms with Crippen LogP contribution in [0, 0.1) is 6.92 Å². The van der Waals surface area contributed by atoms with Gasteiger partial charge in [-0.05, 0) is 41.8 Å². The normalized spacial score (nSPS) is 10.6. The Hall–Kier alpha value is -2.55. The number of hydrogen-bond donors (Lipinski definition) is 1. The predicted molar refractivity (Wildman–Crippen MR) is 85.1 cm³/mol. The third-order valence-corrected chi connectivity index (χ3v) is 3.26. The van der Waals surface area contributed by atoms with Crippen molar-refractivity contribution in [2.24, 2.45) is 0 Å².